The van der Waals surface area contributed by atoms with Crippen molar-refractivity contribution in [2.45, 2.75) is 13.8 Å². The molecule has 0 aliphatic carbocycles. The van der Waals surface area contributed by atoms with Gasteiger partial charge in [-0.25, -0.2) is 0 Å². The van der Waals surface area contributed by atoms with Crippen LogP contribution >= 0.6 is 0 Å². The van der Waals surface area contributed by atoms with Crippen LogP contribution in [0.1, 0.15) is 13.8 Å². The van der Waals surface area contributed by atoms with Crippen molar-refractivity contribution < 1.29 is 4.79 Å². The lowest BCUT2D eigenvalue weighted by Gasteiger charge is -2.36. The molecule has 0 spiro atoms. The van der Waals surface area contributed by atoms with Crippen molar-refractivity contribution >= 4 is 5.91 Å². The van der Waals surface area contributed by atoms with Crippen LogP contribution in [-0.4, -0.2) is 30.6 Å². The SMILES string of the molecule is CC(=O)NCN1CC(C)C1. The van der Waals surface area contributed by atoms with Crippen molar-refractivity contribution in [1.29, 1.82) is 0 Å². The average Bonchev–Trinajstić information content (AvgIpc) is 1.77. The normalized spacial score (nSPS) is 20.2. The third-order valence-electron chi connectivity index (χ3n) is 1.69. The molecule has 1 fully saturated rings. The summed E-state index contributed by atoms with van der Waals surface area (Å²) in [5, 5.41) is 2.76. The largest absolute Gasteiger partial charge is 0.344 e. The molecule has 1 rings (SSSR count). The first-order valence-corrected chi connectivity index (χ1v) is 3.65. The molecule has 1 heterocycles. The second-order valence-electron chi connectivity index (χ2n) is 3.03. The summed E-state index contributed by atoms with van der Waals surface area (Å²) in [6.45, 7) is 6.73. The van der Waals surface area contributed by atoms with Gasteiger partial charge >= 0.3 is 0 Å². The Kier molecular flexibility index (Phi) is 2.27. The van der Waals surface area contributed by atoms with Crippen LogP contribution in [0.2, 0.25) is 0 Å². The second kappa shape index (κ2) is 3.01. The Morgan fingerprint density at radius 3 is 2.70 bits per heavy atom. The van der Waals surface area contributed by atoms with E-state index in [2.05, 4.69) is 17.1 Å². The first-order valence-electron chi connectivity index (χ1n) is 3.65. The predicted molar refractivity (Wildman–Crippen MR) is 39.4 cm³/mol. The van der Waals surface area contributed by atoms with Crippen LogP contribution in [0.3, 0.4) is 0 Å². The summed E-state index contributed by atoms with van der Waals surface area (Å²) in [5.41, 5.74) is 0. The van der Waals surface area contributed by atoms with E-state index < -0.39 is 0 Å². The lowest BCUT2D eigenvalue weighted by Crippen LogP contribution is -2.50. The predicted octanol–water partition coefficient (Wildman–Crippen LogP) is 0.0317. The van der Waals surface area contributed by atoms with E-state index in [1.165, 1.54) is 0 Å². The number of hydrogen-bond acceptors (Lipinski definition) is 2. The fraction of sp³-hybridized carbons (Fsp3) is 0.857. The number of hydrogen-bond donors (Lipinski definition) is 1. The Bertz CT molecular complexity index is 130. The van der Waals surface area contributed by atoms with Crippen LogP contribution in [0.15, 0.2) is 0 Å². The van der Waals surface area contributed by atoms with E-state index in [0.29, 0.717) is 0 Å². The lowest BCUT2D eigenvalue weighted by molar-refractivity contribution is -0.120. The fourth-order valence-electron chi connectivity index (χ4n) is 1.18. The zero-order chi connectivity index (χ0) is 7.56. The molecule has 0 saturated carbocycles. The zero-order valence-electron chi connectivity index (χ0n) is 6.55. The van der Waals surface area contributed by atoms with Gasteiger partial charge in [-0.1, -0.05) is 6.92 Å². The molecule has 10 heavy (non-hydrogen) atoms. The number of rotatable bonds is 2. The van der Waals surface area contributed by atoms with Gasteiger partial charge in [0.2, 0.25) is 5.91 Å². The maximum Gasteiger partial charge on any atom is 0.217 e. The van der Waals surface area contributed by atoms with E-state index in [9.17, 15) is 4.79 Å². The van der Waals surface area contributed by atoms with Crippen molar-refractivity contribution in [2.75, 3.05) is 19.8 Å². The molecule has 1 aliphatic heterocycles. The highest BCUT2D eigenvalue weighted by atomic mass is 16.1. The highest BCUT2D eigenvalue weighted by molar-refractivity contribution is 5.72. The standard InChI is InChI=1S/C7H14N2O/c1-6-3-9(4-6)5-8-7(2)10/h6H,3-5H2,1-2H3,(H,8,10). The number of carbonyl (C=O) groups excluding carboxylic acids is 1. The minimum absolute atomic E-state index is 0.0551. The molecule has 1 aliphatic rings. The smallest absolute Gasteiger partial charge is 0.217 e. The monoisotopic (exact) mass is 142 g/mol. The Morgan fingerprint density at radius 2 is 2.30 bits per heavy atom. The molecule has 0 aromatic carbocycles. The van der Waals surface area contributed by atoms with Gasteiger partial charge in [0.05, 0.1) is 6.67 Å². The third-order valence-corrected chi connectivity index (χ3v) is 1.69. The van der Waals surface area contributed by atoms with Crippen LogP contribution < -0.4 is 5.32 Å². The van der Waals surface area contributed by atoms with E-state index in [4.69, 9.17) is 0 Å². The topological polar surface area (TPSA) is 32.3 Å². The number of nitrogens with one attached hydrogen (secondary N) is 1. The third kappa shape index (κ3) is 1.99. The summed E-state index contributed by atoms with van der Waals surface area (Å²) < 4.78 is 0. The van der Waals surface area contributed by atoms with Gasteiger partial charge in [0.25, 0.3) is 0 Å². The van der Waals surface area contributed by atoms with E-state index >= 15 is 0 Å². The Hall–Kier alpha value is -0.570. The molecule has 3 nitrogen and oxygen atoms in total. The molecule has 1 saturated heterocycles. The summed E-state index contributed by atoms with van der Waals surface area (Å²) in [6.07, 6.45) is 0. The van der Waals surface area contributed by atoms with Gasteiger partial charge in [-0.05, 0) is 5.92 Å². The number of likely N-dealkylation sites (tertiary alicyclic amines) is 1. The van der Waals surface area contributed by atoms with Crippen molar-refractivity contribution in [2.24, 2.45) is 5.92 Å². The summed E-state index contributed by atoms with van der Waals surface area (Å²) in [6, 6.07) is 0. The van der Waals surface area contributed by atoms with Crippen LogP contribution in [0, 0.1) is 5.92 Å². The van der Waals surface area contributed by atoms with Crippen LogP contribution in [0.4, 0.5) is 0 Å². The van der Waals surface area contributed by atoms with E-state index in [-0.39, 0.29) is 5.91 Å². The Morgan fingerprint density at radius 1 is 1.70 bits per heavy atom. The van der Waals surface area contributed by atoms with Crippen LogP contribution in [-0.2, 0) is 4.79 Å². The van der Waals surface area contributed by atoms with Gasteiger partial charge in [0, 0.05) is 20.0 Å². The van der Waals surface area contributed by atoms with Crippen LogP contribution in [0.25, 0.3) is 0 Å². The van der Waals surface area contributed by atoms with Gasteiger partial charge in [0.15, 0.2) is 0 Å². The number of carbonyl (C=O) groups is 1. The van der Waals surface area contributed by atoms with Gasteiger partial charge < -0.3 is 5.32 Å². The van der Waals surface area contributed by atoms with Gasteiger partial charge in [-0.15, -0.1) is 0 Å². The fourth-order valence-corrected chi connectivity index (χ4v) is 1.18. The molecule has 0 unspecified atom stereocenters. The van der Waals surface area contributed by atoms with Gasteiger partial charge in [-0.2, -0.15) is 0 Å². The van der Waals surface area contributed by atoms with Crippen molar-refractivity contribution in [3.05, 3.63) is 0 Å². The molecule has 1 N–H and O–H groups in total. The summed E-state index contributed by atoms with van der Waals surface area (Å²) in [4.78, 5) is 12.6. The quantitative estimate of drug-likeness (QED) is 0.590. The number of amides is 1. The maximum atomic E-state index is 10.4. The summed E-state index contributed by atoms with van der Waals surface area (Å²) in [7, 11) is 0. The summed E-state index contributed by atoms with van der Waals surface area (Å²) in [5.74, 6) is 0.869. The van der Waals surface area contributed by atoms with Crippen LogP contribution in [0.5, 0.6) is 0 Å². The molecule has 58 valence electrons. The van der Waals surface area contributed by atoms with Gasteiger partial charge in [-0.3, -0.25) is 9.69 Å². The molecule has 0 radical (unpaired) electrons. The Balaban J connectivity index is 2.00. The van der Waals surface area contributed by atoms with E-state index in [1.54, 1.807) is 6.92 Å². The minimum atomic E-state index is 0.0551. The average molecular weight is 142 g/mol. The molecule has 1 amide bonds. The maximum absolute atomic E-state index is 10.4. The molecular formula is C7H14N2O. The van der Waals surface area contributed by atoms with E-state index in [1.807, 2.05) is 0 Å². The molecular weight excluding hydrogens is 128 g/mol. The molecule has 0 bridgehead atoms. The van der Waals surface area contributed by atoms with Crippen molar-refractivity contribution in [1.82, 2.24) is 10.2 Å². The first-order chi connectivity index (χ1) is 4.68. The van der Waals surface area contributed by atoms with Gasteiger partial charge in [0.1, 0.15) is 0 Å². The first kappa shape index (κ1) is 7.54. The highest BCUT2D eigenvalue weighted by Gasteiger charge is 2.21. The second-order valence-corrected chi connectivity index (χ2v) is 3.03. The van der Waals surface area contributed by atoms with E-state index in [0.717, 1.165) is 25.7 Å². The Labute approximate surface area is 61.4 Å². The lowest BCUT2D eigenvalue weighted by atomic mass is 10.0. The number of nitrogens with zero attached hydrogens (tertiary/aromatic N) is 1. The summed E-state index contributed by atoms with van der Waals surface area (Å²) >= 11 is 0. The van der Waals surface area contributed by atoms with Crippen molar-refractivity contribution in [3.8, 4) is 0 Å². The molecule has 0 atom stereocenters. The van der Waals surface area contributed by atoms with Crippen molar-refractivity contribution in [3.63, 3.8) is 0 Å². The zero-order valence-corrected chi connectivity index (χ0v) is 6.55. The molecule has 3 heteroatoms. The minimum Gasteiger partial charge on any atom is -0.344 e. The molecule has 0 aromatic heterocycles. The highest BCUT2D eigenvalue weighted by Crippen LogP contribution is 2.11. The molecule has 0 aromatic rings.